The lowest BCUT2D eigenvalue weighted by Gasteiger charge is -2.01. The van der Waals surface area contributed by atoms with Crippen molar-refractivity contribution >= 4 is 34.2 Å². The second-order valence-corrected chi connectivity index (χ2v) is 5.22. The minimum Gasteiger partial charge on any atom is -0.458 e. The third-order valence-electron chi connectivity index (χ3n) is 3.35. The first-order chi connectivity index (χ1) is 10.7. The smallest absolute Gasteiger partial charge is 0.225 e. The fourth-order valence-electron chi connectivity index (χ4n) is 2.36. The number of nitrogen functional groups attached to an aromatic ring is 1. The molecule has 0 atom stereocenters. The lowest BCUT2D eigenvalue weighted by Crippen LogP contribution is -2.06. The highest BCUT2D eigenvalue weighted by atomic mass is 35.5. The summed E-state index contributed by atoms with van der Waals surface area (Å²) in [6.07, 6.45) is 1.69. The average Bonchev–Trinajstić information content (AvgIpc) is 3.18. The highest BCUT2D eigenvalue weighted by Crippen LogP contribution is 2.24. The third kappa shape index (κ3) is 1.84. The molecule has 0 saturated heterocycles. The van der Waals surface area contributed by atoms with Crippen molar-refractivity contribution < 1.29 is 4.42 Å². The van der Waals surface area contributed by atoms with Crippen LogP contribution in [0.1, 0.15) is 5.76 Å². The summed E-state index contributed by atoms with van der Waals surface area (Å²) in [5.74, 6) is 2.51. The van der Waals surface area contributed by atoms with Crippen LogP contribution in [-0.4, -0.2) is 35.2 Å². The molecule has 8 nitrogen and oxygen atoms in total. The van der Waals surface area contributed by atoms with E-state index in [1.165, 1.54) is 4.52 Å². The van der Waals surface area contributed by atoms with Gasteiger partial charge in [-0.25, -0.2) is 9.67 Å². The molecule has 0 aromatic carbocycles. The number of halogens is 1. The zero-order valence-electron chi connectivity index (χ0n) is 11.7. The first-order valence-corrected chi connectivity index (χ1v) is 7.21. The van der Waals surface area contributed by atoms with Crippen LogP contribution >= 0.6 is 11.6 Å². The summed E-state index contributed by atoms with van der Waals surface area (Å²) in [5.41, 5.74) is 7.22. The van der Waals surface area contributed by atoms with Gasteiger partial charge >= 0.3 is 0 Å². The molecule has 4 rings (SSSR count). The number of nitrogens with zero attached hydrogens (tertiary/aromatic N) is 6. The van der Waals surface area contributed by atoms with Crippen molar-refractivity contribution in [2.45, 2.75) is 13.5 Å². The van der Waals surface area contributed by atoms with E-state index in [-0.39, 0.29) is 5.95 Å². The molecule has 112 valence electrons. The molecule has 0 aliphatic rings. The van der Waals surface area contributed by atoms with E-state index in [4.69, 9.17) is 21.8 Å². The number of aryl methyl sites for hydroxylation is 2. The molecule has 9 heteroatoms. The predicted octanol–water partition coefficient (Wildman–Crippen LogP) is 1.86. The number of furan rings is 1. The fourth-order valence-corrected chi connectivity index (χ4v) is 2.52. The minimum absolute atomic E-state index is 0.237. The number of nitrogens with two attached hydrogens (primary N) is 1. The van der Waals surface area contributed by atoms with Crippen LogP contribution in [0.3, 0.4) is 0 Å². The van der Waals surface area contributed by atoms with E-state index in [9.17, 15) is 0 Å². The molecule has 0 fully saturated rings. The summed E-state index contributed by atoms with van der Waals surface area (Å²) in [5, 5.41) is 9.40. The molecule has 4 aromatic heterocycles. The predicted molar refractivity (Wildman–Crippen MR) is 81.6 cm³/mol. The normalized spacial score (nSPS) is 11.7. The summed E-state index contributed by atoms with van der Waals surface area (Å²) in [7, 11) is 0. The fraction of sp³-hybridized carbons (Fsp3) is 0.231. The van der Waals surface area contributed by atoms with Crippen molar-refractivity contribution in [2.75, 3.05) is 11.6 Å². The minimum atomic E-state index is 0.237. The van der Waals surface area contributed by atoms with E-state index in [0.29, 0.717) is 35.3 Å². The summed E-state index contributed by atoms with van der Waals surface area (Å²) in [4.78, 5) is 8.85. The summed E-state index contributed by atoms with van der Waals surface area (Å²) >= 11 is 5.77. The second kappa shape index (κ2) is 4.70. The van der Waals surface area contributed by atoms with Crippen molar-refractivity contribution in [3.8, 4) is 11.6 Å². The Labute approximate surface area is 129 Å². The zero-order valence-corrected chi connectivity index (χ0v) is 12.4. The molecular weight excluding hydrogens is 306 g/mol. The summed E-state index contributed by atoms with van der Waals surface area (Å²) in [6.45, 7) is 2.41. The third-order valence-corrected chi connectivity index (χ3v) is 3.52. The van der Waals surface area contributed by atoms with Crippen LogP contribution in [0.15, 0.2) is 22.7 Å². The van der Waals surface area contributed by atoms with Gasteiger partial charge in [0, 0.05) is 5.88 Å². The number of anilines is 1. The number of aromatic nitrogens is 6. The molecule has 0 radical (unpaired) electrons. The SMILES string of the molecule is Cc1ccc(-c2nc3c4cnn(CCCl)c4nc(N)n3n2)o1. The van der Waals surface area contributed by atoms with Gasteiger partial charge in [0.05, 0.1) is 18.1 Å². The van der Waals surface area contributed by atoms with Gasteiger partial charge in [-0.05, 0) is 19.1 Å². The second-order valence-electron chi connectivity index (χ2n) is 4.85. The van der Waals surface area contributed by atoms with E-state index >= 15 is 0 Å². The number of hydrogen-bond acceptors (Lipinski definition) is 6. The Kier molecular flexibility index (Phi) is 2.80. The van der Waals surface area contributed by atoms with Crippen LogP contribution in [0.5, 0.6) is 0 Å². The molecular formula is C13H12ClN7O. The van der Waals surface area contributed by atoms with E-state index in [1.807, 2.05) is 19.1 Å². The molecule has 4 aromatic rings. The van der Waals surface area contributed by atoms with Crippen molar-refractivity contribution in [1.82, 2.24) is 29.4 Å². The molecule has 22 heavy (non-hydrogen) atoms. The van der Waals surface area contributed by atoms with E-state index < -0.39 is 0 Å². The quantitative estimate of drug-likeness (QED) is 0.579. The van der Waals surface area contributed by atoms with Gasteiger partial charge in [0.1, 0.15) is 5.76 Å². The Hall–Kier alpha value is -2.61. The molecule has 0 unspecified atom stereocenters. The Bertz CT molecular complexity index is 983. The van der Waals surface area contributed by atoms with Crippen LogP contribution in [-0.2, 0) is 6.54 Å². The van der Waals surface area contributed by atoms with Gasteiger partial charge in [-0.3, -0.25) is 0 Å². The first kappa shape index (κ1) is 13.1. The van der Waals surface area contributed by atoms with Gasteiger partial charge < -0.3 is 10.2 Å². The van der Waals surface area contributed by atoms with Gasteiger partial charge in [-0.1, -0.05) is 0 Å². The van der Waals surface area contributed by atoms with E-state index in [1.54, 1.807) is 10.9 Å². The monoisotopic (exact) mass is 317 g/mol. The Morgan fingerprint density at radius 2 is 2.14 bits per heavy atom. The highest BCUT2D eigenvalue weighted by Gasteiger charge is 2.17. The first-order valence-electron chi connectivity index (χ1n) is 6.68. The Morgan fingerprint density at radius 3 is 2.86 bits per heavy atom. The lowest BCUT2D eigenvalue weighted by molar-refractivity contribution is 0.544. The molecule has 0 amide bonds. The Balaban J connectivity index is 1.98. The maximum Gasteiger partial charge on any atom is 0.225 e. The molecule has 0 aliphatic heterocycles. The topological polar surface area (TPSA) is 100 Å². The van der Waals surface area contributed by atoms with Gasteiger partial charge in [-0.2, -0.15) is 14.6 Å². The van der Waals surface area contributed by atoms with Crippen LogP contribution in [0.4, 0.5) is 5.95 Å². The maximum absolute atomic E-state index is 5.99. The van der Waals surface area contributed by atoms with Crippen LogP contribution in [0.2, 0.25) is 0 Å². The van der Waals surface area contributed by atoms with E-state index in [0.717, 1.165) is 11.1 Å². The number of rotatable bonds is 3. The van der Waals surface area contributed by atoms with Gasteiger partial charge in [0.2, 0.25) is 11.8 Å². The number of fused-ring (bicyclic) bond motifs is 3. The Morgan fingerprint density at radius 1 is 1.27 bits per heavy atom. The molecule has 0 bridgehead atoms. The average molecular weight is 318 g/mol. The van der Waals surface area contributed by atoms with Gasteiger partial charge in [-0.15, -0.1) is 16.7 Å². The largest absolute Gasteiger partial charge is 0.458 e. The zero-order chi connectivity index (χ0) is 15.3. The summed E-state index contributed by atoms with van der Waals surface area (Å²) < 4.78 is 8.74. The van der Waals surface area contributed by atoms with Crippen LogP contribution in [0.25, 0.3) is 28.3 Å². The number of alkyl halides is 1. The molecule has 0 aliphatic carbocycles. The van der Waals surface area contributed by atoms with Crippen molar-refractivity contribution in [3.63, 3.8) is 0 Å². The lowest BCUT2D eigenvalue weighted by atomic mass is 10.4. The highest BCUT2D eigenvalue weighted by molar-refractivity contribution is 6.17. The molecule has 2 N–H and O–H groups in total. The maximum atomic E-state index is 5.99. The molecule has 4 heterocycles. The summed E-state index contributed by atoms with van der Waals surface area (Å²) in [6, 6.07) is 3.68. The van der Waals surface area contributed by atoms with E-state index in [2.05, 4.69) is 20.2 Å². The number of hydrogen-bond donors (Lipinski definition) is 1. The van der Waals surface area contributed by atoms with Crippen LogP contribution < -0.4 is 5.73 Å². The molecule has 0 saturated carbocycles. The van der Waals surface area contributed by atoms with Crippen molar-refractivity contribution in [1.29, 1.82) is 0 Å². The van der Waals surface area contributed by atoms with Gasteiger partial charge in [0.25, 0.3) is 0 Å². The molecule has 0 spiro atoms. The van der Waals surface area contributed by atoms with Gasteiger partial charge in [0.15, 0.2) is 17.1 Å². The van der Waals surface area contributed by atoms with Crippen LogP contribution in [0, 0.1) is 6.92 Å². The van der Waals surface area contributed by atoms with Crippen molar-refractivity contribution in [2.24, 2.45) is 0 Å². The standard InChI is InChI=1S/C13H12ClN7O/c1-7-2-3-9(22-7)10-17-12-8-6-16-20(5-4-14)11(8)18-13(15)21(12)19-10/h2-3,6H,4-5H2,1H3,(H2,15,18). The van der Waals surface area contributed by atoms with Crippen molar-refractivity contribution in [3.05, 3.63) is 24.1 Å².